The summed E-state index contributed by atoms with van der Waals surface area (Å²) >= 11 is 0. The molecule has 3 aromatic rings. The molecule has 0 aliphatic heterocycles. The highest BCUT2D eigenvalue weighted by atomic mass is 16.4. The first-order chi connectivity index (χ1) is 10.6. The number of carboxylic acids is 1. The topological polar surface area (TPSA) is 114 Å². The third-order valence-corrected chi connectivity index (χ3v) is 2.86. The van der Waals surface area contributed by atoms with Crippen LogP contribution in [0.5, 0.6) is 5.75 Å². The van der Waals surface area contributed by atoms with Crippen LogP contribution in [0.2, 0.25) is 0 Å². The molecular weight excluding hydrogens is 288 g/mol. The smallest absolute Gasteiger partial charge is 0.339 e. The van der Waals surface area contributed by atoms with Crippen molar-refractivity contribution < 1.29 is 19.4 Å². The van der Waals surface area contributed by atoms with Crippen molar-refractivity contribution in [3.8, 4) is 17.1 Å². The molecule has 1 aromatic carbocycles. The molecule has 3 rings (SSSR count). The van der Waals surface area contributed by atoms with Gasteiger partial charge in [-0.3, -0.25) is 0 Å². The van der Waals surface area contributed by atoms with Crippen molar-refractivity contribution in [2.75, 3.05) is 0 Å². The minimum atomic E-state index is -1.21. The average molecular weight is 298 g/mol. The number of rotatable bonds is 4. The number of furan rings is 1. The molecule has 110 valence electrons. The van der Waals surface area contributed by atoms with Crippen LogP contribution >= 0.6 is 0 Å². The Kier molecular flexibility index (Phi) is 3.40. The second kappa shape index (κ2) is 5.52. The van der Waals surface area contributed by atoms with E-state index in [0.29, 0.717) is 17.1 Å². The molecule has 0 aliphatic rings. The van der Waals surface area contributed by atoms with Crippen LogP contribution in [0.15, 0.2) is 52.5 Å². The molecule has 0 spiro atoms. The molecule has 8 nitrogen and oxygen atoms in total. The third-order valence-electron chi connectivity index (χ3n) is 2.86. The van der Waals surface area contributed by atoms with Gasteiger partial charge in [-0.15, -0.1) is 10.2 Å². The minimum absolute atomic E-state index is 0.186. The number of carbonyl (C=O) groups is 1. The second-order valence-corrected chi connectivity index (χ2v) is 4.33. The van der Waals surface area contributed by atoms with Crippen molar-refractivity contribution in [1.82, 2.24) is 14.9 Å². The molecule has 0 amide bonds. The van der Waals surface area contributed by atoms with E-state index in [1.54, 1.807) is 18.2 Å². The van der Waals surface area contributed by atoms with E-state index in [-0.39, 0.29) is 11.3 Å². The Bertz CT molecular complexity index is 836. The summed E-state index contributed by atoms with van der Waals surface area (Å²) in [7, 11) is 0. The van der Waals surface area contributed by atoms with E-state index in [1.807, 2.05) is 0 Å². The van der Waals surface area contributed by atoms with E-state index in [1.165, 1.54) is 35.7 Å². The molecule has 0 fully saturated rings. The molecule has 0 unspecified atom stereocenters. The second-order valence-electron chi connectivity index (χ2n) is 4.33. The zero-order chi connectivity index (χ0) is 15.5. The Morgan fingerprint density at radius 3 is 2.73 bits per heavy atom. The summed E-state index contributed by atoms with van der Waals surface area (Å²) in [5.41, 5.74) is 0.354. The van der Waals surface area contributed by atoms with Gasteiger partial charge in [-0.05, 0) is 30.3 Å². The van der Waals surface area contributed by atoms with Gasteiger partial charge >= 0.3 is 5.97 Å². The van der Waals surface area contributed by atoms with E-state index >= 15 is 0 Å². The summed E-state index contributed by atoms with van der Waals surface area (Å²) in [6.45, 7) is 0. The van der Waals surface area contributed by atoms with Gasteiger partial charge in [-0.1, -0.05) is 0 Å². The van der Waals surface area contributed by atoms with Crippen LogP contribution < -0.4 is 0 Å². The van der Waals surface area contributed by atoms with E-state index in [2.05, 4.69) is 15.3 Å². The monoisotopic (exact) mass is 298 g/mol. The number of phenols is 1. The summed E-state index contributed by atoms with van der Waals surface area (Å²) in [6, 6.07) is 7.60. The highest BCUT2D eigenvalue weighted by Crippen LogP contribution is 2.27. The quantitative estimate of drug-likeness (QED) is 0.710. The maximum atomic E-state index is 11.0. The van der Waals surface area contributed by atoms with E-state index in [0.717, 1.165) is 0 Å². The van der Waals surface area contributed by atoms with Crippen LogP contribution in [0, 0.1) is 0 Å². The number of aromatic nitrogens is 3. The Morgan fingerprint density at radius 1 is 1.23 bits per heavy atom. The lowest BCUT2D eigenvalue weighted by Gasteiger charge is -2.02. The lowest BCUT2D eigenvalue weighted by molar-refractivity contribution is 0.0694. The van der Waals surface area contributed by atoms with Crippen molar-refractivity contribution >= 4 is 12.2 Å². The Morgan fingerprint density at radius 2 is 2.00 bits per heavy atom. The summed E-state index contributed by atoms with van der Waals surface area (Å²) in [6.07, 6.45) is 4.34. The summed E-state index contributed by atoms with van der Waals surface area (Å²) in [5.74, 6) is -0.557. The van der Waals surface area contributed by atoms with Crippen LogP contribution in [0.3, 0.4) is 0 Å². The molecule has 0 saturated heterocycles. The van der Waals surface area contributed by atoms with Crippen molar-refractivity contribution in [3.63, 3.8) is 0 Å². The van der Waals surface area contributed by atoms with Crippen LogP contribution in [0.4, 0.5) is 0 Å². The van der Waals surface area contributed by atoms with Crippen LogP contribution in [-0.2, 0) is 0 Å². The maximum absolute atomic E-state index is 11.0. The van der Waals surface area contributed by atoms with Crippen LogP contribution in [0.1, 0.15) is 16.1 Å². The molecule has 8 heteroatoms. The summed E-state index contributed by atoms with van der Waals surface area (Å²) < 4.78 is 6.97. The number of hydrogen-bond donors (Lipinski definition) is 2. The number of carboxylic acid groups (broad SMARTS) is 1. The molecule has 2 heterocycles. The van der Waals surface area contributed by atoms with Gasteiger partial charge in [-0.25, -0.2) is 9.47 Å². The van der Waals surface area contributed by atoms with Gasteiger partial charge in [0, 0.05) is 5.56 Å². The first kappa shape index (κ1) is 13.6. The molecule has 0 radical (unpaired) electrons. The van der Waals surface area contributed by atoms with Crippen molar-refractivity contribution in [2.24, 2.45) is 5.10 Å². The Hall–Kier alpha value is -3.42. The predicted molar refractivity (Wildman–Crippen MR) is 75.8 cm³/mol. The molecule has 22 heavy (non-hydrogen) atoms. The predicted octanol–water partition coefficient (Wildman–Crippen LogP) is 1.82. The van der Waals surface area contributed by atoms with E-state index < -0.39 is 5.97 Å². The Labute approximate surface area is 124 Å². The van der Waals surface area contributed by atoms with Gasteiger partial charge < -0.3 is 14.6 Å². The minimum Gasteiger partial charge on any atom is -0.507 e. The van der Waals surface area contributed by atoms with Crippen molar-refractivity contribution in [3.05, 3.63) is 54.3 Å². The molecule has 2 aromatic heterocycles. The molecular formula is C14H10N4O4. The zero-order valence-corrected chi connectivity index (χ0v) is 11.1. The van der Waals surface area contributed by atoms with Crippen LogP contribution in [0.25, 0.3) is 11.3 Å². The highest BCUT2D eigenvalue weighted by molar-refractivity contribution is 5.92. The molecule has 0 bridgehead atoms. The van der Waals surface area contributed by atoms with Gasteiger partial charge in [0.05, 0.1) is 6.21 Å². The fourth-order valence-electron chi connectivity index (χ4n) is 1.82. The van der Waals surface area contributed by atoms with E-state index in [9.17, 15) is 9.90 Å². The van der Waals surface area contributed by atoms with Crippen LogP contribution in [-0.4, -0.2) is 37.3 Å². The van der Waals surface area contributed by atoms with Gasteiger partial charge in [0.25, 0.3) is 0 Å². The SMILES string of the molecule is O=C(O)c1cc(-c2ccc(/C=N\n3cnnc3)o2)ccc1O. The standard InChI is InChI=1S/C14H10N4O4/c19-12-3-1-9(5-11(12)14(20)21)13-4-2-10(22-13)6-17-18-7-15-16-8-18/h1-8,19H,(H,20,21)/b17-6-. The normalized spacial score (nSPS) is 11.1. The summed E-state index contributed by atoms with van der Waals surface area (Å²) in [4.78, 5) is 11.0. The third kappa shape index (κ3) is 2.70. The van der Waals surface area contributed by atoms with Gasteiger partial charge in [0.1, 0.15) is 35.5 Å². The number of aromatic carboxylic acids is 1. The first-order valence-corrected chi connectivity index (χ1v) is 6.19. The summed E-state index contributed by atoms with van der Waals surface area (Å²) in [5, 5.41) is 29.8. The fourth-order valence-corrected chi connectivity index (χ4v) is 1.82. The molecule has 0 aliphatic carbocycles. The van der Waals surface area contributed by atoms with Crippen molar-refractivity contribution in [2.45, 2.75) is 0 Å². The van der Waals surface area contributed by atoms with Gasteiger partial charge in [0.2, 0.25) is 0 Å². The zero-order valence-electron chi connectivity index (χ0n) is 11.1. The van der Waals surface area contributed by atoms with Crippen molar-refractivity contribution in [1.29, 1.82) is 0 Å². The number of nitrogens with zero attached hydrogens (tertiary/aromatic N) is 4. The Balaban J connectivity index is 1.87. The van der Waals surface area contributed by atoms with Gasteiger partial charge in [0.15, 0.2) is 0 Å². The largest absolute Gasteiger partial charge is 0.507 e. The fraction of sp³-hybridized carbons (Fsp3) is 0. The molecule has 2 N–H and O–H groups in total. The number of hydrogen-bond acceptors (Lipinski definition) is 6. The highest BCUT2D eigenvalue weighted by Gasteiger charge is 2.12. The van der Waals surface area contributed by atoms with E-state index in [4.69, 9.17) is 9.52 Å². The number of aromatic hydroxyl groups is 1. The first-order valence-electron chi connectivity index (χ1n) is 6.19. The molecule has 0 atom stereocenters. The number of benzene rings is 1. The molecule has 0 saturated carbocycles. The van der Waals surface area contributed by atoms with Gasteiger partial charge in [-0.2, -0.15) is 5.10 Å². The average Bonchev–Trinajstić information content (AvgIpc) is 3.17. The maximum Gasteiger partial charge on any atom is 0.339 e. The lowest BCUT2D eigenvalue weighted by Crippen LogP contribution is -1.96. The lowest BCUT2D eigenvalue weighted by atomic mass is 10.1.